The Morgan fingerprint density at radius 2 is 1.89 bits per heavy atom. The Morgan fingerprint density at radius 1 is 1.33 bits per heavy atom. The molecule has 0 amide bonds. The predicted octanol–water partition coefficient (Wildman–Crippen LogP) is 0.811. The van der Waals surface area contributed by atoms with E-state index in [0.717, 1.165) is 12.1 Å². The zero-order valence-electron chi connectivity index (χ0n) is 9.07. The number of carboxylic acids is 1. The zero-order valence-corrected chi connectivity index (χ0v) is 9.88. The number of aliphatic carboxylic acids is 1. The lowest BCUT2D eigenvalue weighted by Gasteiger charge is -2.06. The fourth-order valence-electron chi connectivity index (χ4n) is 1.10. The van der Waals surface area contributed by atoms with Gasteiger partial charge in [-0.25, -0.2) is 8.42 Å². The molecule has 0 saturated carbocycles. The summed E-state index contributed by atoms with van der Waals surface area (Å²) in [6, 6.07) is 4.76. The third-order valence-electron chi connectivity index (χ3n) is 1.94. The molecule has 0 unspecified atom stereocenters. The molecule has 0 aromatic heterocycles. The van der Waals surface area contributed by atoms with Crippen molar-refractivity contribution in [3.8, 4) is 0 Å². The Labute approximate surface area is 102 Å². The third-order valence-corrected chi connectivity index (χ3v) is 3.22. The minimum atomic E-state index is -3.76. The monoisotopic (exact) mass is 274 g/mol. The van der Waals surface area contributed by atoms with E-state index < -0.39 is 33.1 Å². The number of sulfonamides is 1. The highest BCUT2D eigenvalue weighted by molar-refractivity contribution is 7.92. The number of hydrogen-bond donors (Lipinski definition) is 2. The van der Waals surface area contributed by atoms with Crippen LogP contribution >= 0.6 is 0 Å². The first-order chi connectivity index (χ1) is 8.30. The zero-order chi connectivity index (χ0) is 13.8. The number of carbonyl (C=O) groups is 1. The highest BCUT2D eigenvalue weighted by atomic mass is 32.2. The van der Waals surface area contributed by atoms with Gasteiger partial charge in [-0.05, 0) is 12.1 Å². The van der Waals surface area contributed by atoms with Crippen LogP contribution < -0.4 is 4.72 Å². The van der Waals surface area contributed by atoms with Crippen LogP contribution in [0.5, 0.6) is 0 Å². The molecule has 0 spiro atoms. The van der Waals surface area contributed by atoms with Crippen LogP contribution in [0.25, 0.3) is 0 Å². The fourth-order valence-corrected chi connectivity index (χ4v) is 2.14. The van der Waals surface area contributed by atoms with Crippen molar-refractivity contribution in [2.75, 3.05) is 10.5 Å². The van der Waals surface area contributed by atoms with Crippen LogP contribution in [0.4, 0.5) is 11.4 Å². The van der Waals surface area contributed by atoms with E-state index in [-0.39, 0.29) is 11.4 Å². The summed E-state index contributed by atoms with van der Waals surface area (Å²) in [6.45, 7) is 0. The number of carboxylic acid groups (broad SMARTS) is 1. The quantitative estimate of drug-likeness (QED) is 0.583. The van der Waals surface area contributed by atoms with Crippen molar-refractivity contribution < 1.29 is 23.2 Å². The van der Waals surface area contributed by atoms with Gasteiger partial charge in [-0.2, -0.15) is 0 Å². The summed E-state index contributed by atoms with van der Waals surface area (Å²) in [5.74, 6) is -1.77. The average molecular weight is 274 g/mol. The molecule has 8 nitrogen and oxygen atoms in total. The molecule has 98 valence electrons. The molecule has 1 aromatic carbocycles. The lowest BCUT2D eigenvalue weighted by atomic mass is 10.3. The first-order valence-corrected chi connectivity index (χ1v) is 6.42. The molecule has 0 aliphatic rings. The molecule has 0 aliphatic carbocycles. The van der Waals surface area contributed by atoms with Crippen molar-refractivity contribution >= 4 is 27.4 Å². The van der Waals surface area contributed by atoms with Crippen LogP contribution in [0, 0.1) is 10.1 Å². The van der Waals surface area contributed by atoms with Crippen molar-refractivity contribution in [2.45, 2.75) is 6.42 Å². The second kappa shape index (κ2) is 5.45. The van der Waals surface area contributed by atoms with Gasteiger partial charge in [-0.3, -0.25) is 19.6 Å². The second-order valence-corrected chi connectivity index (χ2v) is 5.21. The van der Waals surface area contributed by atoms with Gasteiger partial charge in [0.2, 0.25) is 10.0 Å². The number of anilines is 1. The Bertz CT molecular complexity index is 551. The number of nitrogens with zero attached hydrogens (tertiary/aromatic N) is 1. The van der Waals surface area contributed by atoms with Gasteiger partial charge in [0.15, 0.2) is 0 Å². The largest absolute Gasteiger partial charge is 0.481 e. The molecule has 2 N–H and O–H groups in total. The molecule has 1 aromatic rings. The van der Waals surface area contributed by atoms with Gasteiger partial charge in [-0.15, -0.1) is 0 Å². The van der Waals surface area contributed by atoms with Crippen LogP contribution in [0.3, 0.4) is 0 Å². The van der Waals surface area contributed by atoms with Crippen molar-refractivity contribution in [3.05, 3.63) is 34.4 Å². The minimum Gasteiger partial charge on any atom is -0.481 e. The summed E-state index contributed by atoms with van der Waals surface area (Å²) in [5.41, 5.74) is -0.0190. The van der Waals surface area contributed by atoms with E-state index in [2.05, 4.69) is 4.72 Å². The molecular formula is C9H10N2O6S. The number of nitro groups is 1. The number of hydrogen-bond acceptors (Lipinski definition) is 5. The number of rotatable bonds is 6. The molecule has 0 saturated heterocycles. The first kappa shape index (κ1) is 13.9. The van der Waals surface area contributed by atoms with Gasteiger partial charge in [0.1, 0.15) is 0 Å². The van der Waals surface area contributed by atoms with Crippen LogP contribution in [-0.2, 0) is 14.8 Å². The van der Waals surface area contributed by atoms with Crippen molar-refractivity contribution in [1.82, 2.24) is 0 Å². The van der Waals surface area contributed by atoms with Crippen molar-refractivity contribution in [2.24, 2.45) is 0 Å². The van der Waals surface area contributed by atoms with Crippen LogP contribution in [-0.4, -0.2) is 30.2 Å². The van der Waals surface area contributed by atoms with E-state index >= 15 is 0 Å². The number of non-ortho nitro benzene ring substituents is 1. The number of nitrogens with one attached hydrogen (secondary N) is 1. The van der Waals surface area contributed by atoms with Gasteiger partial charge in [-0.1, -0.05) is 0 Å². The summed E-state index contributed by atoms with van der Waals surface area (Å²) >= 11 is 0. The smallest absolute Gasteiger partial charge is 0.304 e. The first-order valence-electron chi connectivity index (χ1n) is 4.77. The molecule has 0 atom stereocenters. The number of benzene rings is 1. The maximum atomic E-state index is 11.4. The van der Waals surface area contributed by atoms with Gasteiger partial charge in [0, 0.05) is 17.8 Å². The molecule has 1 rings (SSSR count). The Kier molecular flexibility index (Phi) is 4.21. The third kappa shape index (κ3) is 4.37. The van der Waals surface area contributed by atoms with E-state index in [1.54, 1.807) is 0 Å². The van der Waals surface area contributed by atoms with E-state index in [4.69, 9.17) is 5.11 Å². The van der Waals surface area contributed by atoms with Gasteiger partial charge < -0.3 is 5.11 Å². The normalized spacial score (nSPS) is 10.9. The molecule has 0 fully saturated rings. The molecule has 9 heteroatoms. The molecule has 0 aliphatic heterocycles. The van der Waals surface area contributed by atoms with Crippen LogP contribution in [0.2, 0.25) is 0 Å². The standard InChI is InChI=1S/C9H10N2O6S/c12-9(13)5-6-18(16,17)10-7-1-3-8(4-2-7)11(14)15/h1-4,10H,5-6H2,(H,12,13). The fraction of sp³-hybridized carbons (Fsp3) is 0.222. The molecule has 0 bridgehead atoms. The minimum absolute atomic E-state index is 0.144. The highest BCUT2D eigenvalue weighted by Crippen LogP contribution is 2.16. The average Bonchev–Trinajstić information content (AvgIpc) is 2.27. The van der Waals surface area contributed by atoms with Crippen LogP contribution in [0.1, 0.15) is 6.42 Å². The topological polar surface area (TPSA) is 127 Å². The Hall–Kier alpha value is -2.16. The van der Waals surface area contributed by atoms with Gasteiger partial charge >= 0.3 is 5.97 Å². The summed E-state index contributed by atoms with van der Waals surface area (Å²) < 4.78 is 25.0. The summed E-state index contributed by atoms with van der Waals surface area (Å²) in [4.78, 5) is 20.0. The van der Waals surface area contributed by atoms with E-state index in [1.165, 1.54) is 12.1 Å². The van der Waals surface area contributed by atoms with Gasteiger partial charge in [0.25, 0.3) is 5.69 Å². The molecule has 0 radical (unpaired) electrons. The predicted molar refractivity (Wildman–Crippen MR) is 62.8 cm³/mol. The second-order valence-electron chi connectivity index (χ2n) is 3.37. The molecule has 18 heavy (non-hydrogen) atoms. The molecule has 0 heterocycles. The SMILES string of the molecule is O=C(O)CCS(=O)(=O)Nc1ccc([N+](=O)[O-])cc1. The summed E-state index contributed by atoms with van der Waals surface area (Å²) in [5, 5.41) is 18.7. The molecular weight excluding hydrogens is 264 g/mol. The Balaban J connectivity index is 2.72. The van der Waals surface area contributed by atoms with Gasteiger partial charge in [0.05, 0.1) is 17.1 Å². The van der Waals surface area contributed by atoms with E-state index in [1.807, 2.05) is 0 Å². The van der Waals surface area contributed by atoms with Crippen molar-refractivity contribution in [1.29, 1.82) is 0 Å². The van der Waals surface area contributed by atoms with Crippen molar-refractivity contribution in [3.63, 3.8) is 0 Å². The van der Waals surface area contributed by atoms with E-state index in [9.17, 15) is 23.3 Å². The maximum Gasteiger partial charge on any atom is 0.304 e. The summed E-state index contributed by atoms with van der Waals surface area (Å²) in [7, 11) is -3.76. The highest BCUT2D eigenvalue weighted by Gasteiger charge is 2.13. The maximum absolute atomic E-state index is 11.4. The lowest BCUT2D eigenvalue weighted by Crippen LogP contribution is -2.18. The Morgan fingerprint density at radius 3 is 2.33 bits per heavy atom. The lowest BCUT2D eigenvalue weighted by molar-refractivity contribution is -0.384. The number of nitro benzene ring substituents is 1. The summed E-state index contributed by atoms with van der Waals surface area (Å²) in [6.07, 6.45) is -0.512. The van der Waals surface area contributed by atoms with E-state index in [0.29, 0.717) is 0 Å². The van der Waals surface area contributed by atoms with Crippen LogP contribution in [0.15, 0.2) is 24.3 Å².